The molecule has 5 heteroatoms. The smallest absolute Gasteiger partial charge is 0.331 e. The van der Waals surface area contributed by atoms with Gasteiger partial charge in [-0.1, -0.05) is 28.1 Å². The topological polar surface area (TPSA) is 38.7 Å². The summed E-state index contributed by atoms with van der Waals surface area (Å²) in [6.45, 7) is 2.21. The van der Waals surface area contributed by atoms with Gasteiger partial charge in [0.2, 0.25) is 0 Å². The number of thioether (sulfide) groups is 1. The van der Waals surface area contributed by atoms with E-state index < -0.39 is 0 Å². The molecule has 0 saturated heterocycles. The lowest BCUT2D eigenvalue weighted by atomic mass is 10.2. The molecule has 0 aliphatic carbocycles. The number of rotatable bonds is 3. The van der Waals surface area contributed by atoms with Gasteiger partial charge in [-0.05, 0) is 19.1 Å². The standard InChI is InChI=1S/C12H12BrNO2S/c1-2-16-12(15)10-7-17-11(14-10)8-3-5-9(13)6-4-8/h3-6,10H,2,7H2,1H3. The van der Waals surface area contributed by atoms with Crippen LogP contribution in [0.4, 0.5) is 0 Å². The molecule has 0 N–H and O–H groups in total. The summed E-state index contributed by atoms with van der Waals surface area (Å²) < 4.78 is 6.00. The van der Waals surface area contributed by atoms with Crippen LogP contribution in [0.25, 0.3) is 0 Å². The van der Waals surface area contributed by atoms with Gasteiger partial charge in [0, 0.05) is 15.8 Å². The molecule has 0 fully saturated rings. The van der Waals surface area contributed by atoms with E-state index in [-0.39, 0.29) is 12.0 Å². The lowest BCUT2D eigenvalue weighted by Gasteiger charge is -2.03. The summed E-state index contributed by atoms with van der Waals surface area (Å²) in [6.07, 6.45) is 0. The Kier molecular flexibility index (Phi) is 4.23. The molecule has 3 nitrogen and oxygen atoms in total. The second-order valence-electron chi connectivity index (χ2n) is 3.52. The first-order valence-corrected chi connectivity index (χ1v) is 7.11. The van der Waals surface area contributed by atoms with Gasteiger partial charge < -0.3 is 4.74 Å². The van der Waals surface area contributed by atoms with Crippen LogP contribution in [0.2, 0.25) is 0 Å². The fourth-order valence-electron chi connectivity index (χ4n) is 1.48. The zero-order valence-electron chi connectivity index (χ0n) is 9.35. The first-order valence-electron chi connectivity index (χ1n) is 5.34. The van der Waals surface area contributed by atoms with Crippen molar-refractivity contribution in [2.45, 2.75) is 13.0 Å². The van der Waals surface area contributed by atoms with Gasteiger partial charge in [-0.25, -0.2) is 4.79 Å². The van der Waals surface area contributed by atoms with Crippen LogP contribution in [0.1, 0.15) is 12.5 Å². The summed E-state index contributed by atoms with van der Waals surface area (Å²) in [4.78, 5) is 15.9. The predicted molar refractivity (Wildman–Crippen MR) is 73.6 cm³/mol. The molecule has 1 aliphatic rings. The third kappa shape index (κ3) is 3.10. The molecule has 2 rings (SSSR count). The predicted octanol–water partition coefficient (Wildman–Crippen LogP) is 2.87. The van der Waals surface area contributed by atoms with Crippen LogP contribution in [0.3, 0.4) is 0 Å². The van der Waals surface area contributed by atoms with Crippen molar-refractivity contribution in [3.8, 4) is 0 Å². The van der Waals surface area contributed by atoms with Crippen molar-refractivity contribution in [1.82, 2.24) is 0 Å². The van der Waals surface area contributed by atoms with Crippen LogP contribution in [0.15, 0.2) is 33.7 Å². The van der Waals surface area contributed by atoms with Gasteiger partial charge >= 0.3 is 5.97 Å². The Bertz CT molecular complexity index is 444. The minimum Gasteiger partial charge on any atom is -0.464 e. The van der Waals surface area contributed by atoms with Gasteiger partial charge in [-0.2, -0.15) is 0 Å². The summed E-state index contributed by atoms with van der Waals surface area (Å²) in [5.41, 5.74) is 1.05. The molecule has 1 aliphatic heterocycles. The molecule has 0 amide bonds. The number of carbonyl (C=O) groups is 1. The SMILES string of the molecule is CCOC(=O)C1CSC(c2ccc(Br)cc2)=N1. The quantitative estimate of drug-likeness (QED) is 0.805. The Hall–Kier alpha value is -0.810. The molecule has 90 valence electrons. The minimum absolute atomic E-state index is 0.230. The van der Waals surface area contributed by atoms with E-state index in [1.54, 1.807) is 18.7 Å². The van der Waals surface area contributed by atoms with Crippen molar-refractivity contribution >= 4 is 38.7 Å². The summed E-state index contributed by atoms with van der Waals surface area (Å²) in [5.74, 6) is 0.441. The van der Waals surface area contributed by atoms with E-state index in [0.29, 0.717) is 12.4 Å². The van der Waals surface area contributed by atoms with Gasteiger partial charge in [-0.3, -0.25) is 4.99 Å². The third-order valence-electron chi connectivity index (χ3n) is 2.30. The van der Waals surface area contributed by atoms with Gasteiger partial charge in [0.1, 0.15) is 0 Å². The number of carbonyl (C=O) groups excluding carboxylic acids is 1. The van der Waals surface area contributed by atoms with E-state index in [1.807, 2.05) is 24.3 Å². The zero-order chi connectivity index (χ0) is 12.3. The van der Waals surface area contributed by atoms with Crippen molar-refractivity contribution < 1.29 is 9.53 Å². The highest BCUT2D eigenvalue weighted by Crippen LogP contribution is 2.25. The Morgan fingerprint density at radius 2 is 2.24 bits per heavy atom. The maximum absolute atomic E-state index is 11.5. The average molecular weight is 314 g/mol. The van der Waals surface area contributed by atoms with E-state index in [2.05, 4.69) is 20.9 Å². The number of ether oxygens (including phenoxy) is 1. The van der Waals surface area contributed by atoms with Crippen LogP contribution in [0, 0.1) is 0 Å². The van der Waals surface area contributed by atoms with Crippen molar-refractivity contribution in [3.05, 3.63) is 34.3 Å². The average Bonchev–Trinajstić information content (AvgIpc) is 2.80. The summed E-state index contributed by atoms with van der Waals surface area (Å²) in [5, 5.41) is 0.913. The van der Waals surface area contributed by atoms with E-state index in [4.69, 9.17) is 4.74 Å². The van der Waals surface area contributed by atoms with Crippen molar-refractivity contribution in [1.29, 1.82) is 0 Å². The normalized spacial score (nSPS) is 18.9. The van der Waals surface area contributed by atoms with Crippen molar-refractivity contribution in [2.75, 3.05) is 12.4 Å². The molecule has 1 aromatic carbocycles. The minimum atomic E-state index is -0.349. The van der Waals surface area contributed by atoms with Crippen LogP contribution in [-0.4, -0.2) is 29.4 Å². The molecule has 1 heterocycles. The highest BCUT2D eigenvalue weighted by Gasteiger charge is 2.26. The number of aliphatic imine (C=N–C) groups is 1. The van der Waals surface area contributed by atoms with Crippen LogP contribution < -0.4 is 0 Å². The highest BCUT2D eigenvalue weighted by molar-refractivity contribution is 9.10. The summed E-state index contributed by atoms with van der Waals surface area (Å²) in [7, 11) is 0. The number of esters is 1. The van der Waals surface area contributed by atoms with Gasteiger partial charge in [0.15, 0.2) is 6.04 Å². The molecule has 17 heavy (non-hydrogen) atoms. The monoisotopic (exact) mass is 313 g/mol. The molecule has 1 atom stereocenters. The molecule has 0 spiro atoms. The van der Waals surface area contributed by atoms with E-state index >= 15 is 0 Å². The molecule has 0 radical (unpaired) electrons. The number of nitrogens with zero attached hydrogens (tertiary/aromatic N) is 1. The Balaban J connectivity index is 2.11. The van der Waals surface area contributed by atoms with Gasteiger partial charge in [0.05, 0.1) is 11.7 Å². The van der Waals surface area contributed by atoms with Crippen molar-refractivity contribution in [3.63, 3.8) is 0 Å². The molecule has 0 saturated carbocycles. The number of hydrogen-bond acceptors (Lipinski definition) is 4. The molecule has 1 unspecified atom stereocenters. The second-order valence-corrected chi connectivity index (χ2v) is 5.44. The number of halogens is 1. The fraction of sp³-hybridized carbons (Fsp3) is 0.333. The molecular formula is C12H12BrNO2S. The first-order chi connectivity index (χ1) is 8.20. The lowest BCUT2D eigenvalue weighted by molar-refractivity contribution is -0.143. The molecular weight excluding hydrogens is 302 g/mol. The van der Waals surface area contributed by atoms with E-state index in [9.17, 15) is 4.79 Å². The van der Waals surface area contributed by atoms with E-state index in [0.717, 1.165) is 15.1 Å². The van der Waals surface area contributed by atoms with E-state index in [1.165, 1.54) is 0 Å². The van der Waals surface area contributed by atoms with Gasteiger partial charge in [-0.15, -0.1) is 11.8 Å². The summed E-state index contributed by atoms with van der Waals surface area (Å²) >= 11 is 4.99. The molecule has 0 aromatic heterocycles. The summed E-state index contributed by atoms with van der Waals surface area (Å²) in [6, 6.07) is 7.57. The highest BCUT2D eigenvalue weighted by atomic mass is 79.9. The third-order valence-corrected chi connectivity index (χ3v) is 3.93. The van der Waals surface area contributed by atoms with Crippen LogP contribution in [0.5, 0.6) is 0 Å². The molecule has 1 aromatic rings. The fourth-order valence-corrected chi connectivity index (χ4v) is 2.78. The van der Waals surface area contributed by atoms with Gasteiger partial charge in [0.25, 0.3) is 0 Å². The van der Waals surface area contributed by atoms with Crippen molar-refractivity contribution in [2.24, 2.45) is 4.99 Å². The maximum Gasteiger partial charge on any atom is 0.331 e. The largest absolute Gasteiger partial charge is 0.464 e. The second kappa shape index (κ2) is 5.69. The lowest BCUT2D eigenvalue weighted by Crippen LogP contribution is -2.21. The first kappa shape index (κ1) is 12.6. The Labute approximate surface area is 113 Å². The zero-order valence-corrected chi connectivity index (χ0v) is 11.8. The van der Waals surface area contributed by atoms with Crippen LogP contribution in [-0.2, 0) is 9.53 Å². The number of hydrogen-bond donors (Lipinski definition) is 0. The molecule has 0 bridgehead atoms. The van der Waals surface area contributed by atoms with Crippen LogP contribution >= 0.6 is 27.7 Å². The number of benzene rings is 1. The Morgan fingerprint density at radius 3 is 2.88 bits per heavy atom. The Morgan fingerprint density at radius 1 is 1.53 bits per heavy atom. The maximum atomic E-state index is 11.5.